The third kappa shape index (κ3) is 4.66. The van der Waals surface area contributed by atoms with Gasteiger partial charge in [0.2, 0.25) is 11.8 Å². The van der Waals surface area contributed by atoms with Crippen molar-refractivity contribution in [2.24, 2.45) is 0 Å². The minimum absolute atomic E-state index is 0.00514. The van der Waals surface area contributed by atoms with Crippen LogP contribution in [0.5, 0.6) is 0 Å². The number of anilines is 2. The van der Waals surface area contributed by atoms with Gasteiger partial charge in [-0.05, 0) is 29.8 Å². The summed E-state index contributed by atoms with van der Waals surface area (Å²) in [6, 6.07) is 9.84. The lowest BCUT2D eigenvalue weighted by atomic mass is 9.92. The number of hydrogen-bond donors (Lipinski definition) is 3. The van der Waals surface area contributed by atoms with Gasteiger partial charge in [0.15, 0.2) is 5.16 Å². The number of nitrogens with one attached hydrogen (secondary N) is 3. The van der Waals surface area contributed by atoms with Crippen LogP contribution in [0.2, 0.25) is 5.02 Å². The molecule has 0 saturated heterocycles. The quantitative estimate of drug-likeness (QED) is 0.380. The summed E-state index contributed by atoms with van der Waals surface area (Å²) in [4.78, 5) is 44.5. The van der Waals surface area contributed by atoms with E-state index in [9.17, 15) is 23.2 Å². The van der Waals surface area contributed by atoms with Gasteiger partial charge in [-0.2, -0.15) is 0 Å². The molecule has 0 fully saturated rings. The molecule has 0 bridgehead atoms. The molecule has 0 saturated carbocycles. The largest absolute Gasteiger partial charge is 0.325 e. The Morgan fingerprint density at radius 2 is 1.97 bits per heavy atom. The summed E-state index contributed by atoms with van der Waals surface area (Å²) in [6.07, 6.45) is -0.264. The number of carbonyl (C=O) groups excluding carboxylic acids is 2. The third-order valence-corrected chi connectivity index (χ3v) is 5.97. The minimum Gasteiger partial charge on any atom is -0.325 e. The Balaban J connectivity index is 1.58. The standard InChI is InChI=1S/C21H15ClF2N4O3S/c22-13-7-11(5-6-15(13)24)25-19(30)12-8-16(29)26-18-17(12)20(31)28-21(27-18)32-9-10-3-1-2-4-14(10)23/h1-7,12H,8-9H2,(H,25,30)(H2,26,27,28,29,31)/t12-/m1/s1. The number of H-pyrrole nitrogens is 1. The Kier molecular flexibility index (Phi) is 6.24. The van der Waals surface area contributed by atoms with Gasteiger partial charge < -0.3 is 15.6 Å². The number of amides is 2. The van der Waals surface area contributed by atoms with E-state index in [1.54, 1.807) is 18.2 Å². The molecule has 7 nitrogen and oxygen atoms in total. The highest BCUT2D eigenvalue weighted by Gasteiger charge is 2.34. The van der Waals surface area contributed by atoms with Crippen LogP contribution in [-0.4, -0.2) is 21.8 Å². The highest BCUT2D eigenvalue weighted by atomic mass is 35.5. The first-order chi connectivity index (χ1) is 15.3. The molecule has 32 heavy (non-hydrogen) atoms. The first-order valence-corrected chi connectivity index (χ1v) is 10.7. The molecule has 11 heteroatoms. The van der Waals surface area contributed by atoms with Crippen molar-refractivity contribution in [2.75, 3.05) is 10.6 Å². The molecular formula is C21H15ClF2N4O3S. The fourth-order valence-electron chi connectivity index (χ4n) is 3.21. The first kappa shape index (κ1) is 22.0. The van der Waals surface area contributed by atoms with E-state index >= 15 is 0 Å². The van der Waals surface area contributed by atoms with Crippen LogP contribution in [0.3, 0.4) is 0 Å². The summed E-state index contributed by atoms with van der Waals surface area (Å²) in [7, 11) is 0. The van der Waals surface area contributed by atoms with Crippen LogP contribution < -0.4 is 16.2 Å². The molecular weight excluding hydrogens is 462 g/mol. The molecule has 2 amide bonds. The van der Waals surface area contributed by atoms with Gasteiger partial charge in [0.1, 0.15) is 17.5 Å². The zero-order valence-electron chi connectivity index (χ0n) is 16.2. The topological polar surface area (TPSA) is 104 Å². The van der Waals surface area contributed by atoms with E-state index in [0.29, 0.717) is 5.56 Å². The molecule has 1 aliphatic rings. The third-order valence-electron chi connectivity index (χ3n) is 4.76. The number of benzene rings is 2. The Hall–Kier alpha value is -3.24. The summed E-state index contributed by atoms with van der Waals surface area (Å²) in [6.45, 7) is 0. The van der Waals surface area contributed by atoms with Crippen molar-refractivity contribution in [3.8, 4) is 0 Å². The molecule has 0 unspecified atom stereocenters. The van der Waals surface area contributed by atoms with Crippen LogP contribution in [0.1, 0.15) is 23.5 Å². The Bertz CT molecular complexity index is 1280. The smallest absolute Gasteiger partial charge is 0.257 e. The fourth-order valence-corrected chi connectivity index (χ4v) is 4.24. The van der Waals surface area contributed by atoms with Gasteiger partial charge in [-0.15, -0.1) is 0 Å². The maximum absolute atomic E-state index is 13.8. The van der Waals surface area contributed by atoms with Crippen LogP contribution in [0.25, 0.3) is 0 Å². The van der Waals surface area contributed by atoms with Crippen molar-refractivity contribution in [1.82, 2.24) is 9.97 Å². The van der Waals surface area contributed by atoms with E-state index in [-0.39, 0.29) is 45.2 Å². The zero-order chi connectivity index (χ0) is 22.8. The van der Waals surface area contributed by atoms with Crippen LogP contribution in [0.15, 0.2) is 52.4 Å². The second-order valence-corrected chi connectivity index (χ2v) is 8.31. The van der Waals surface area contributed by atoms with E-state index in [4.69, 9.17) is 11.6 Å². The highest BCUT2D eigenvalue weighted by Crippen LogP contribution is 2.31. The van der Waals surface area contributed by atoms with Gasteiger partial charge in [0.05, 0.1) is 16.5 Å². The van der Waals surface area contributed by atoms with Crippen LogP contribution in [0, 0.1) is 11.6 Å². The molecule has 3 N–H and O–H groups in total. The predicted molar refractivity (Wildman–Crippen MR) is 117 cm³/mol. The number of thioether (sulfide) groups is 1. The normalized spacial score (nSPS) is 15.1. The van der Waals surface area contributed by atoms with Gasteiger partial charge in [-0.1, -0.05) is 41.6 Å². The monoisotopic (exact) mass is 476 g/mol. The molecule has 2 aromatic carbocycles. The lowest BCUT2D eigenvalue weighted by Crippen LogP contribution is -2.36. The number of hydrogen-bond acceptors (Lipinski definition) is 5. The Labute approximate surface area is 189 Å². The predicted octanol–water partition coefficient (Wildman–Crippen LogP) is 4.06. The maximum Gasteiger partial charge on any atom is 0.257 e. The molecule has 3 aromatic rings. The number of fused-ring (bicyclic) bond motifs is 1. The molecule has 4 rings (SSSR count). The van der Waals surface area contributed by atoms with E-state index in [2.05, 4.69) is 20.6 Å². The Morgan fingerprint density at radius 1 is 1.19 bits per heavy atom. The van der Waals surface area contributed by atoms with Gasteiger partial charge in [-0.3, -0.25) is 14.4 Å². The van der Waals surface area contributed by atoms with Crippen molar-refractivity contribution in [1.29, 1.82) is 0 Å². The lowest BCUT2D eigenvalue weighted by molar-refractivity contribution is -0.123. The number of nitrogens with zero attached hydrogens (tertiary/aromatic N) is 1. The van der Waals surface area contributed by atoms with E-state index in [1.807, 2.05) is 0 Å². The van der Waals surface area contributed by atoms with Crippen molar-refractivity contribution in [3.05, 3.63) is 80.6 Å². The van der Waals surface area contributed by atoms with Crippen LogP contribution in [-0.2, 0) is 15.3 Å². The van der Waals surface area contributed by atoms with Crippen molar-refractivity contribution < 1.29 is 18.4 Å². The summed E-state index contributed by atoms with van der Waals surface area (Å²) in [5, 5.41) is 5.04. The summed E-state index contributed by atoms with van der Waals surface area (Å²) >= 11 is 6.81. The molecule has 1 aromatic heterocycles. The number of aromatic amines is 1. The fraction of sp³-hybridized carbons (Fsp3) is 0.143. The zero-order valence-corrected chi connectivity index (χ0v) is 17.8. The van der Waals surface area contributed by atoms with E-state index in [0.717, 1.165) is 17.8 Å². The number of rotatable bonds is 5. The molecule has 0 radical (unpaired) electrons. The molecule has 2 heterocycles. The molecule has 164 valence electrons. The van der Waals surface area contributed by atoms with E-state index < -0.39 is 29.1 Å². The Morgan fingerprint density at radius 3 is 2.72 bits per heavy atom. The van der Waals surface area contributed by atoms with Crippen LogP contribution >= 0.6 is 23.4 Å². The van der Waals surface area contributed by atoms with Crippen molar-refractivity contribution in [3.63, 3.8) is 0 Å². The summed E-state index contributed by atoms with van der Waals surface area (Å²) in [5.74, 6) is -3.08. The number of halogens is 3. The summed E-state index contributed by atoms with van der Waals surface area (Å²) in [5.41, 5.74) is 0.0568. The van der Waals surface area contributed by atoms with E-state index in [1.165, 1.54) is 18.2 Å². The molecule has 1 aliphatic heterocycles. The molecule has 0 aliphatic carbocycles. The summed E-state index contributed by atoms with van der Waals surface area (Å²) < 4.78 is 27.2. The molecule has 0 spiro atoms. The minimum atomic E-state index is -1.11. The maximum atomic E-state index is 13.8. The second kappa shape index (κ2) is 9.09. The average Bonchev–Trinajstić information content (AvgIpc) is 2.75. The van der Waals surface area contributed by atoms with Crippen molar-refractivity contribution >= 4 is 46.7 Å². The van der Waals surface area contributed by atoms with Crippen LogP contribution in [0.4, 0.5) is 20.3 Å². The first-order valence-electron chi connectivity index (χ1n) is 9.38. The second-order valence-electron chi connectivity index (χ2n) is 6.94. The average molecular weight is 477 g/mol. The molecule has 1 atom stereocenters. The SMILES string of the molecule is O=C1C[C@@H](C(=O)Nc2ccc(F)c(Cl)c2)c2c(nc(SCc3ccccc3F)[nH]c2=O)N1. The van der Waals surface area contributed by atoms with Gasteiger partial charge >= 0.3 is 0 Å². The van der Waals surface area contributed by atoms with Crippen molar-refractivity contribution in [2.45, 2.75) is 23.2 Å². The highest BCUT2D eigenvalue weighted by molar-refractivity contribution is 7.98. The number of aromatic nitrogens is 2. The lowest BCUT2D eigenvalue weighted by Gasteiger charge is -2.23. The van der Waals surface area contributed by atoms with Gasteiger partial charge in [-0.25, -0.2) is 13.8 Å². The van der Waals surface area contributed by atoms with Gasteiger partial charge in [0, 0.05) is 17.9 Å². The van der Waals surface area contributed by atoms with Gasteiger partial charge in [0.25, 0.3) is 5.56 Å². The number of carbonyl (C=O) groups is 2.